The minimum absolute atomic E-state index is 0.0746. The van der Waals surface area contributed by atoms with Crippen molar-refractivity contribution in [1.82, 2.24) is 0 Å². The maximum atomic E-state index is 14.1. The molecule has 134 valence electrons. The van der Waals surface area contributed by atoms with E-state index in [9.17, 15) is 26.0 Å². The van der Waals surface area contributed by atoms with Crippen LogP contribution in [0.15, 0.2) is 29.2 Å². The van der Waals surface area contributed by atoms with Crippen LogP contribution >= 0.6 is 11.6 Å². The van der Waals surface area contributed by atoms with E-state index in [1.54, 1.807) is 0 Å². The molecule has 0 radical (unpaired) electrons. The van der Waals surface area contributed by atoms with Crippen LogP contribution in [0.3, 0.4) is 0 Å². The highest BCUT2D eigenvalue weighted by molar-refractivity contribution is 7.92. The van der Waals surface area contributed by atoms with Gasteiger partial charge in [-0.3, -0.25) is 4.72 Å². The van der Waals surface area contributed by atoms with Crippen molar-refractivity contribution in [2.24, 2.45) is 0 Å². The van der Waals surface area contributed by atoms with Crippen LogP contribution in [-0.2, 0) is 10.0 Å². The molecule has 1 N–H and O–H groups in total. The number of sulfonamides is 1. The van der Waals surface area contributed by atoms with Crippen molar-refractivity contribution in [3.63, 3.8) is 0 Å². The third kappa shape index (κ3) is 3.52. The number of rotatable bonds is 5. The molecule has 3 rings (SSSR count). The first kappa shape index (κ1) is 17.8. The van der Waals surface area contributed by atoms with Gasteiger partial charge in [0, 0.05) is 5.02 Å². The summed E-state index contributed by atoms with van der Waals surface area (Å²) in [6, 6.07) is 5.36. The molecule has 25 heavy (non-hydrogen) atoms. The molecule has 0 unspecified atom stereocenters. The summed E-state index contributed by atoms with van der Waals surface area (Å²) in [4.78, 5) is -1.43. The van der Waals surface area contributed by atoms with E-state index in [0.29, 0.717) is 12.8 Å². The number of anilines is 1. The van der Waals surface area contributed by atoms with Crippen molar-refractivity contribution in [2.75, 3.05) is 4.72 Å². The summed E-state index contributed by atoms with van der Waals surface area (Å²) in [5.41, 5.74) is -0.0746. The van der Waals surface area contributed by atoms with Crippen LogP contribution in [0.25, 0.3) is 0 Å². The van der Waals surface area contributed by atoms with Gasteiger partial charge in [-0.15, -0.1) is 0 Å². The van der Waals surface area contributed by atoms with Crippen LogP contribution in [0, 0.1) is 23.3 Å². The monoisotopic (exact) mass is 395 g/mol. The van der Waals surface area contributed by atoms with Crippen LogP contribution in [0.5, 0.6) is 5.75 Å². The van der Waals surface area contributed by atoms with E-state index in [4.69, 9.17) is 16.3 Å². The minimum Gasteiger partial charge on any atom is -0.486 e. The topological polar surface area (TPSA) is 55.4 Å². The highest BCUT2D eigenvalue weighted by atomic mass is 35.5. The van der Waals surface area contributed by atoms with Crippen molar-refractivity contribution < 1.29 is 30.7 Å². The second-order valence-corrected chi connectivity index (χ2v) is 7.40. The van der Waals surface area contributed by atoms with Crippen molar-refractivity contribution in [1.29, 1.82) is 0 Å². The Hall–Kier alpha value is -2.00. The number of benzene rings is 2. The van der Waals surface area contributed by atoms with Gasteiger partial charge in [0.25, 0.3) is 10.0 Å². The fourth-order valence-electron chi connectivity index (χ4n) is 2.05. The van der Waals surface area contributed by atoms with E-state index >= 15 is 0 Å². The summed E-state index contributed by atoms with van der Waals surface area (Å²) in [6.07, 6.45) is 0.335. The molecule has 0 bridgehead atoms. The Bertz CT molecular complexity index is 948. The number of hydrogen-bond donors (Lipinski definition) is 1. The summed E-state index contributed by atoms with van der Waals surface area (Å²) in [6.45, 7) is 0. The molecule has 0 atom stereocenters. The lowest BCUT2D eigenvalue weighted by Gasteiger charge is -2.15. The normalized spacial score (nSPS) is 14.4. The smallest absolute Gasteiger partial charge is 0.268 e. The van der Waals surface area contributed by atoms with Crippen LogP contribution < -0.4 is 9.46 Å². The van der Waals surface area contributed by atoms with Gasteiger partial charge in [-0.25, -0.2) is 21.6 Å². The lowest BCUT2D eigenvalue weighted by molar-refractivity contribution is 0.262. The molecule has 0 saturated heterocycles. The third-order valence-electron chi connectivity index (χ3n) is 3.34. The zero-order chi connectivity index (χ0) is 18.4. The fourth-order valence-corrected chi connectivity index (χ4v) is 3.48. The number of nitrogens with one attached hydrogen (secondary N) is 1. The van der Waals surface area contributed by atoms with E-state index in [1.165, 1.54) is 24.3 Å². The van der Waals surface area contributed by atoms with E-state index < -0.39 is 50.0 Å². The van der Waals surface area contributed by atoms with Gasteiger partial charge in [-0.1, -0.05) is 17.7 Å². The zero-order valence-corrected chi connectivity index (χ0v) is 13.9. The number of ether oxygens (including phenoxy) is 1. The molecule has 0 aromatic heterocycles. The van der Waals surface area contributed by atoms with Gasteiger partial charge in [0.05, 0.1) is 11.8 Å². The number of hydrogen-bond acceptors (Lipinski definition) is 3. The zero-order valence-electron chi connectivity index (χ0n) is 12.3. The second-order valence-electron chi connectivity index (χ2n) is 5.35. The van der Waals surface area contributed by atoms with Crippen LogP contribution in [0.1, 0.15) is 12.8 Å². The Balaban J connectivity index is 2.13. The predicted molar refractivity (Wildman–Crippen MR) is 82.2 cm³/mol. The van der Waals surface area contributed by atoms with Crippen LogP contribution in [0.2, 0.25) is 5.02 Å². The Kier molecular flexibility index (Phi) is 4.54. The van der Waals surface area contributed by atoms with Crippen LogP contribution in [0.4, 0.5) is 23.2 Å². The molecule has 2 aromatic rings. The minimum atomic E-state index is -4.83. The summed E-state index contributed by atoms with van der Waals surface area (Å²) in [5, 5.41) is 0.173. The standard InChI is InChI=1S/C15H10ClF4NO3S/c16-7-2-1-3-8(6-7)21-25(22,23)15-13(20)11(18)10(17)12(19)14(15)24-9-4-5-9/h1-3,6,9,21H,4-5H2. The molecular weight excluding hydrogens is 386 g/mol. The molecule has 1 fully saturated rings. The van der Waals surface area contributed by atoms with E-state index in [2.05, 4.69) is 0 Å². The van der Waals surface area contributed by atoms with Gasteiger partial charge in [0.15, 0.2) is 22.3 Å². The molecule has 2 aromatic carbocycles. The SMILES string of the molecule is O=S(=O)(Nc1cccc(Cl)c1)c1c(F)c(F)c(F)c(F)c1OC1CC1. The molecule has 1 aliphatic rings. The summed E-state index contributed by atoms with van der Waals surface area (Å²) >= 11 is 5.73. The first-order valence-corrected chi connectivity index (χ1v) is 8.88. The highest BCUT2D eigenvalue weighted by Crippen LogP contribution is 2.38. The molecule has 1 aliphatic carbocycles. The van der Waals surface area contributed by atoms with Crippen LogP contribution in [-0.4, -0.2) is 14.5 Å². The molecule has 10 heteroatoms. The summed E-state index contributed by atoms with van der Waals surface area (Å²) < 4.78 is 87.0. The molecule has 1 saturated carbocycles. The maximum Gasteiger partial charge on any atom is 0.268 e. The largest absolute Gasteiger partial charge is 0.486 e. The van der Waals surface area contributed by atoms with E-state index in [1.807, 2.05) is 4.72 Å². The van der Waals surface area contributed by atoms with Gasteiger partial charge in [-0.2, -0.15) is 4.39 Å². The average Bonchev–Trinajstić information content (AvgIpc) is 3.34. The summed E-state index contributed by atoms with van der Waals surface area (Å²) in [5.74, 6) is -9.54. The fraction of sp³-hybridized carbons (Fsp3) is 0.200. The predicted octanol–water partition coefficient (Wildman–Crippen LogP) is 4.24. The van der Waals surface area contributed by atoms with Gasteiger partial charge in [0.1, 0.15) is 0 Å². The molecule has 0 spiro atoms. The lowest BCUT2D eigenvalue weighted by atomic mass is 10.3. The lowest BCUT2D eigenvalue weighted by Crippen LogP contribution is -2.19. The van der Waals surface area contributed by atoms with E-state index in [0.717, 1.165) is 0 Å². The first-order valence-electron chi connectivity index (χ1n) is 7.01. The Morgan fingerprint density at radius 3 is 2.28 bits per heavy atom. The highest BCUT2D eigenvalue weighted by Gasteiger charge is 2.37. The first-order chi connectivity index (χ1) is 11.7. The van der Waals surface area contributed by atoms with Crippen molar-refractivity contribution in [3.8, 4) is 5.75 Å². The van der Waals surface area contributed by atoms with Crippen molar-refractivity contribution in [3.05, 3.63) is 52.6 Å². The maximum absolute atomic E-state index is 14.1. The molecule has 0 aliphatic heterocycles. The van der Waals surface area contributed by atoms with Gasteiger partial charge in [-0.05, 0) is 31.0 Å². The van der Waals surface area contributed by atoms with E-state index in [-0.39, 0.29) is 10.7 Å². The Morgan fingerprint density at radius 1 is 1.04 bits per heavy atom. The third-order valence-corrected chi connectivity index (χ3v) is 4.98. The molecule has 0 amide bonds. The Labute approximate surface area is 145 Å². The molecule has 0 heterocycles. The van der Waals surface area contributed by atoms with Gasteiger partial charge >= 0.3 is 0 Å². The van der Waals surface area contributed by atoms with Crippen molar-refractivity contribution in [2.45, 2.75) is 23.8 Å². The van der Waals surface area contributed by atoms with Crippen molar-refractivity contribution >= 4 is 27.3 Å². The molecular formula is C15H10ClF4NO3S. The molecule has 4 nitrogen and oxygen atoms in total. The average molecular weight is 396 g/mol. The number of halogens is 5. The van der Waals surface area contributed by atoms with Gasteiger partial charge < -0.3 is 4.74 Å². The summed E-state index contributed by atoms with van der Waals surface area (Å²) in [7, 11) is -4.83. The Morgan fingerprint density at radius 2 is 1.68 bits per heavy atom. The second kappa shape index (κ2) is 6.38. The van der Waals surface area contributed by atoms with Gasteiger partial charge in [0.2, 0.25) is 11.6 Å². The quantitative estimate of drug-likeness (QED) is 0.468.